The summed E-state index contributed by atoms with van der Waals surface area (Å²) in [6.45, 7) is 0. The number of aromatic nitrogens is 2. The first-order valence-electron chi connectivity index (χ1n) is 6.00. The third-order valence-electron chi connectivity index (χ3n) is 3.24. The second kappa shape index (κ2) is 4.61. The van der Waals surface area contributed by atoms with Gasteiger partial charge in [0.05, 0.1) is 7.11 Å². The van der Waals surface area contributed by atoms with Gasteiger partial charge in [0, 0.05) is 18.0 Å². The number of nitrogens with zero attached hydrogens (tertiary/aromatic N) is 2. The SMILES string of the molecule is COc1ccc2c(c1)CC/C2=C\c1cncnc1. The Labute approximate surface area is 106 Å². The second-order valence-electron chi connectivity index (χ2n) is 4.36. The Kier molecular flexibility index (Phi) is 2.81. The number of methoxy groups -OCH3 is 1. The van der Waals surface area contributed by atoms with Crippen LogP contribution in [0.3, 0.4) is 0 Å². The molecule has 18 heavy (non-hydrogen) atoms. The molecular weight excluding hydrogens is 224 g/mol. The van der Waals surface area contributed by atoms with Gasteiger partial charge in [-0.25, -0.2) is 9.97 Å². The number of hydrogen-bond donors (Lipinski definition) is 0. The van der Waals surface area contributed by atoms with E-state index < -0.39 is 0 Å². The molecular formula is C15H14N2O. The highest BCUT2D eigenvalue weighted by Gasteiger charge is 2.16. The van der Waals surface area contributed by atoms with Gasteiger partial charge in [0.2, 0.25) is 0 Å². The van der Waals surface area contributed by atoms with Crippen LogP contribution in [0.15, 0.2) is 36.9 Å². The van der Waals surface area contributed by atoms with Gasteiger partial charge in [-0.15, -0.1) is 0 Å². The van der Waals surface area contributed by atoms with E-state index in [9.17, 15) is 0 Å². The lowest BCUT2D eigenvalue weighted by atomic mass is 10.1. The molecule has 0 saturated heterocycles. The van der Waals surface area contributed by atoms with Crippen molar-refractivity contribution in [3.63, 3.8) is 0 Å². The zero-order chi connectivity index (χ0) is 12.4. The molecule has 0 radical (unpaired) electrons. The van der Waals surface area contributed by atoms with Gasteiger partial charge in [0.25, 0.3) is 0 Å². The summed E-state index contributed by atoms with van der Waals surface area (Å²) in [7, 11) is 1.70. The summed E-state index contributed by atoms with van der Waals surface area (Å²) < 4.78 is 5.25. The van der Waals surface area contributed by atoms with Crippen LogP contribution in [0.5, 0.6) is 5.75 Å². The molecule has 1 aromatic heterocycles. The van der Waals surface area contributed by atoms with E-state index in [1.807, 2.05) is 18.5 Å². The minimum Gasteiger partial charge on any atom is -0.497 e. The van der Waals surface area contributed by atoms with E-state index in [-0.39, 0.29) is 0 Å². The van der Waals surface area contributed by atoms with Crippen LogP contribution in [-0.2, 0) is 6.42 Å². The average molecular weight is 238 g/mol. The lowest BCUT2D eigenvalue weighted by Gasteiger charge is -2.04. The number of benzene rings is 1. The van der Waals surface area contributed by atoms with Crippen LogP contribution in [0, 0.1) is 0 Å². The van der Waals surface area contributed by atoms with E-state index >= 15 is 0 Å². The number of allylic oxidation sites excluding steroid dienone is 1. The Morgan fingerprint density at radius 2 is 2.00 bits per heavy atom. The monoisotopic (exact) mass is 238 g/mol. The number of ether oxygens (including phenoxy) is 1. The highest BCUT2D eigenvalue weighted by atomic mass is 16.5. The van der Waals surface area contributed by atoms with Gasteiger partial charge in [0.1, 0.15) is 12.1 Å². The minimum atomic E-state index is 0.929. The van der Waals surface area contributed by atoms with Crippen LogP contribution in [0.25, 0.3) is 11.6 Å². The van der Waals surface area contributed by atoms with Crippen LogP contribution in [-0.4, -0.2) is 17.1 Å². The summed E-state index contributed by atoms with van der Waals surface area (Å²) in [5, 5.41) is 0. The molecule has 0 saturated carbocycles. The fourth-order valence-electron chi connectivity index (χ4n) is 2.36. The molecule has 0 amide bonds. The number of fused-ring (bicyclic) bond motifs is 1. The smallest absolute Gasteiger partial charge is 0.119 e. The van der Waals surface area contributed by atoms with Crippen molar-refractivity contribution in [2.24, 2.45) is 0 Å². The number of hydrogen-bond acceptors (Lipinski definition) is 3. The van der Waals surface area contributed by atoms with Crippen LogP contribution in [0.1, 0.15) is 23.1 Å². The Balaban J connectivity index is 1.98. The van der Waals surface area contributed by atoms with Crippen molar-refractivity contribution in [3.05, 3.63) is 53.6 Å². The Bertz CT molecular complexity index is 591. The van der Waals surface area contributed by atoms with Crippen LogP contribution in [0.2, 0.25) is 0 Å². The fraction of sp³-hybridized carbons (Fsp3) is 0.200. The first-order chi connectivity index (χ1) is 8.86. The van der Waals surface area contributed by atoms with E-state index in [4.69, 9.17) is 4.74 Å². The molecule has 1 heterocycles. The molecule has 0 aliphatic heterocycles. The topological polar surface area (TPSA) is 35.0 Å². The molecule has 3 heteroatoms. The van der Waals surface area contributed by atoms with E-state index in [1.54, 1.807) is 13.4 Å². The van der Waals surface area contributed by atoms with Gasteiger partial charge >= 0.3 is 0 Å². The molecule has 0 atom stereocenters. The van der Waals surface area contributed by atoms with Crippen molar-refractivity contribution < 1.29 is 4.74 Å². The highest BCUT2D eigenvalue weighted by molar-refractivity contribution is 5.85. The number of rotatable bonds is 2. The van der Waals surface area contributed by atoms with Gasteiger partial charge < -0.3 is 4.74 Å². The number of aryl methyl sites for hydroxylation is 1. The van der Waals surface area contributed by atoms with E-state index in [2.05, 4.69) is 28.2 Å². The third kappa shape index (κ3) is 1.99. The first-order valence-corrected chi connectivity index (χ1v) is 6.00. The summed E-state index contributed by atoms with van der Waals surface area (Å²) in [5.41, 5.74) is 5.08. The summed E-state index contributed by atoms with van der Waals surface area (Å²) in [6, 6.07) is 6.27. The highest BCUT2D eigenvalue weighted by Crippen LogP contribution is 2.35. The lowest BCUT2D eigenvalue weighted by molar-refractivity contribution is 0.414. The van der Waals surface area contributed by atoms with Gasteiger partial charge in [-0.3, -0.25) is 0 Å². The average Bonchev–Trinajstić information content (AvgIpc) is 2.82. The van der Waals surface area contributed by atoms with Crippen molar-refractivity contribution in [1.29, 1.82) is 0 Å². The summed E-state index contributed by atoms with van der Waals surface area (Å²) in [5.74, 6) is 0.929. The van der Waals surface area contributed by atoms with Gasteiger partial charge in [-0.05, 0) is 47.8 Å². The summed E-state index contributed by atoms with van der Waals surface area (Å²) >= 11 is 0. The normalized spacial score (nSPS) is 15.7. The van der Waals surface area contributed by atoms with Gasteiger partial charge in [-0.1, -0.05) is 6.07 Å². The summed E-state index contributed by atoms with van der Waals surface area (Å²) in [4.78, 5) is 8.07. The molecule has 3 rings (SSSR count). The van der Waals surface area contributed by atoms with E-state index in [0.29, 0.717) is 0 Å². The Morgan fingerprint density at radius 3 is 2.78 bits per heavy atom. The van der Waals surface area contributed by atoms with Crippen molar-refractivity contribution in [1.82, 2.24) is 9.97 Å². The lowest BCUT2D eigenvalue weighted by Crippen LogP contribution is -1.86. The van der Waals surface area contributed by atoms with E-state index in [1.165, 1.54) is 16.7 Å². The van der Waals surface area contributed by atoms with Crippen molar-refractivity contribution in [2.45, 2.75) is 12.8 Å². The van der Waals surface area contributed by atoms with Gasteiger partial charge in [0.15, 0.2) is 0 Å². The minimum absolute atomic E-state index is 0.929. The molecule has 90 valence electrons. The Hall–Kier alpha value is -2.16. The van der Waals surface area contributed by atoms with Crippen molar-refractivity contribution in [2.75, 3.05) is 7.11 Å². The molecule has 1 aromatic carbocycles. The quantitative estimate of drug-likeness (QED) is 0.806. The third-order valence-corrected chi connectivity index (χ3v) is 3.24. The maximum atomic E-state index is 5.25. The van der Waals surface area contributed by atoms with Gasteiger partial charge in [-0.2, -0.15) is 0 Å². The molecule has 1 aliphatic carbocycles. The molecule has 3 nitrogen and oxygen atoms in total. The van der Waals surface area contributed by atoms with Crippen LogP contribution < -0.4 is 4.74 Å². The standard InChI is InChI=1S/C15H14N2O/c1-18-14-4-5-15-12(2-3-13(15)7-14)6-11-8-16-10-17-9-11/h4-10H,2-3H2,1H3/b12-6+. The summed E-state index contributed by atoms with van der Waals surface area (Å²) in [6.07, 6.45) is 9.53. The largest absolute Gasteiger partial charge is 0.497 e. The van der Waals surface area contributed by atoms with Crippen molar-refractivity contribution >= 4 is 11.6 Å². The fourth-order valence-corrected chi connectivity index (χ4v) is 2.36. The predicted octanol–water partition coefficient (Wildman–Crippen LogP) is 2.97. The maximum Gasteiger partial charge on any atom is 0.119 e. The molecule has 0 unspecified atom stereocenters. The van der Waals surface area contributed by atoms with Crippen LogP contribution >= 0.6 is 0 Å². The molecule has 0 bridgehead atoms. The molecule has 0 fully saturated rings. The van der Waals surface area contributed by atoms with Crippen LogP contribution in [0.4, 0.5) is 0 Å². The molecule has 2 aromatic rings. The zero-order valence-electron chi connectivity index (χ0n) is 10.3. The maximum absolute atomic E-state index is 5.25. The predicted molar refractivity (Wildman–Crippen MR) is 71.2 cm³/mol. The second-order valence-corrected chi connectivity index (χ2v) is 4.36. The van der Waals surface area contributed by atoms with E-state index in [0.717, 1.165) is 24.2 Å². The first kappa shape index (κ1) is 11.0. The molecule has 1 aliphatic rings. The Morgan fingerprint density at radius 1 is 1.17 bits per heavy atom. The zero-order valence-corrected chi connectivity index (χ0v) is 10.3. The molecule has 0 N–H and O–H groups in total. The van der Waals surface area contributed by atoms with Crippen molar-refractivity contribution in [3.8, 4) is 5.75 Å². The molecule has 0 spiro atoms.